The van der Waals surface area contributed by atoms with Gasteiger partial charge < -0.3 is 5.32 Å². The van der Waals surface area contributed by atoms with E-state index < -0.39 is 0 Å². The third-order valence-corrected chi connectivity index (χ3v) is 4.07. The van der Waals surface area contributed by atoms with Crippen molar-refractivity contribution in [3.63, 3.8) is 0 Å². The minimum Gasteiger partial charge on any atom is -0.322 e. The van der Waals surface area contributed by atoms with Crippen LogP contribution in [0.25, 0.3) is 0 Å². The van der Waals surface area contributed by atoms with E-state index >= 15 is 0 Å². The van der Waals surface area contributed by atoms with Gasteiger partial charge in [-0.3, -0.25) is 14.5 Å². The normalized spacial score (nSPS) is 10.7. The Morgan fingerprint density at radius 3 is 1.92 bits per heavy atom. The molecule has 0 saturated heterocycles. The summed E-state index contributed by atoms with van der Waals surface area (Å²) in [7, 11) is 0. The average molecular weight is 324 g/mol. The van der Waals surface area contributed by atoms with E-state index in [4.69, 9.17) is 0 Å². The third kappa shape index (κ3) is 4.77. The molecule has 0 atom stereocenters. The molecule has 2 aromatic carbocycles. The summed E-state index contributed by atoms with van der Waals surface area (Å²) in [5, 5.41) is 2.85. The van der Waals surface area contributed by atoms with Crippen molar-refractivity contribution in [3.05, 3.63) is 65.2 Å². The van der Waals surface area contributed by atoms with E-state index in [9.17, 15) is 9.59 Å². The van der Waals surface area contributed by atoms with E-state index in [1.807, 2.05) is 24.3 Å². The molecule has 0 saturated carbocycles. The molecule has 0 heterocycles. The highest BCUT2D eigenvalue weighted by atomic mass is 16.1. The maximum absolute atomic E-state index is 12.3. The van der Waals surface area contributed by atoms with E-state index in [1.54, 1.807) is 24.3 Å². The van der Waals surface area contributed by atoms with Crippen molar-refractivity contribution < 1.29 is 9.59 Å². The summed E-state index contributed by atoms with van der Waals surface area (Å²) in [5.41, 5.74) is 3.13. The zero-order valence-corrected chi connectivity index (χ0v) is 14.5. The molecule has 126 valence electrons. The van der Waals surface area contributed by atoms with Crippen LogP contribution in [-0.2, 0) is 6.54 Å². The largest absolute Gasteiger partial charge is 0.322 e. The molecule has 1 N–H and O–H groups in total. The van der Waals surface area contributed by atoms with E-state index in [0.29, 0.717) is 16.8 Å². The molecule has 2 aromatic rings. The number of carbonyl (C=O) groups is 2. The van der Waals surface area contributed by atoms with Gasteiger partial charge in [-0.15, -0.1) is 0 Å². The summed E-state index contributed by atoms with van der Waals surface area (Å²) in [6, 6.07) is 14.6. The summed E-state index contributed by atoms with van der Waals surface area (Å²) in [4.78, 5) is 25.9. The van der Waals surface area contributed by atoms with Gasteiger partial charge in [0, 0.05) is 23.4 Å². The fourth-order valence-electron chi connectivity index (χ4n) is 2.46. The lowest BCUT2D eigenvalue weighted by molar-refractivity contribution is 0.101. The summed E-state index contributed by atoms with van der Waals surface area (Å²) < 4.78 is 0. The van der Waals surface area contributed by atoms with Gasteiger partial charge in [0.2, 0.25) is 0 Å². The van der Waals surface area contributed by atoms with Crippen molar-refractivity contribution in [1.29, 1.82) is 0 Å². The van der Waals surface area contributed by atoms with Crippen molar-refractivity contribution in [2.75, 3.05) is 18.4 Å². The Hall–Kier alpha value is -2.46. The predicted octanol–water partition coefficient (Wildman–Crippen LogP) is 3.98. The minimum absolute atomic E-state index is 0.0108. The highest BCUT2D eigenvalue weighted by Crippen LogP contribution is 2.13. The number of nitrogens with zero attached hydrogens (tertiary/aromatic N) is 1. The maximum Gasteiger partial charge on any atom is 0.255 e. The molecular formula is C20H24N2O2. The van der Waals surface area contributed by atoms with Crippen LogP contribution in [0.1, 0.15) is 47.1 Å². The fourth-order valence-corrected chi connectivity index (χ4v) is 2.46. The van der Waals surface area contributed by atoms with Crippen LogP contribution in [0.2, 0.25) is 0 Å². The maximum atomic E-state index is 12.3. The number of rotatable bonds is 7. The molecule has 0 aliphatic carbocycles. The van der Waals surface area contributed by atoms with Crippen LogP contribution in [0, 0.1) is 0 Å². The molecule has 2 rings (SSSR count). The Balaban J connectivity index is 2.00. The molecular weight excluding hydrogens is 300 g/mol. The van der Waals surface area contributed by atoms with Crippen LogP contribution in [0.4, 0.5) is 5.69 Å². The predicted molar refractivity (Wildman–Crippen MR) is 97.5 cm³/mol. The van der Waals surface area contributed by atoms with Crippen molar-refractivity contribution in [3.8, 4) is 0 Å². The SMILES string of the molecule is CCN(CC)Cc1ccc(C(=O)Nc2ccc(C(C)=O)cc2)cc1. The quantitative estimate of drug-likeness (QED) is 0.784. The molecule has 24 heavy (non-hydrogen) atoms. The monoisotopic (exact) mass is 324 g/mol. The number of nitrogens with one attached hydrogen (secondary N) is 1. The lowest BCUT2D eigenvalue weighted by Crippen LogP contribution is -2.22. The van der Waals surface area contributed by atoms with Crippen LogP contribution in [0.15, 0.2) is 48.5 Å². The summed E-state index contributed by atoms with van der Waals surface area (Å²) in [6.45, 7) is 8.71. The van der Waals surface area contributed by atoms with Gasteiger partial charge >= 0.3 is 0 Å². The van der Waals surface area contributed by atoms with Gasteiger partial charge in [0.1, 0.15) is 0 Å². The smallest absolute Gasteiger partial charge is 0.255 e. The van der Waals surface area contributed by atoms with Crippen LogP contribution >= 0.6 is 0 Å². The second-order valence-electron chi connectivity index (χ2n) is 5.75. The average Bonchev–Trinajstić information content (AvgIpc) is 2.60. The fraction of sp³-hybridized carbons (Fsp3) is 0.300. The minimum atomic E-state index is -0.153. The van der Waals surface area contributed by atoms with Gasteiger partial charge in [0.25, 0.3) is 5.91 Å². The number of benzene rings is 2. The Morgan fingerprint density at radius 2 is 1.42 bits per heavy atom. The van der Waals surface area contributed by atoms with Gasteiger partial charge in [-0.1, -0.05) is 26.0 Å². The van der Waals surface area contributed by atoms with Crippen molar-refractivity contribution >= 4 is 17.4 Å². The lowest BCUT2D eigenvalue weighted by atomic mass is 10.1. The van der Waals surface area contributed by atoms with Crippen molar-refractivity contribution in [2.45, 2.75) is 27.3 Å². The highest BCUT2D eigenvalue weighted by molar-refractivity contribution is 6.04. The van der Waals surface area contributed by atoms with Crippen LogP contribution < -0.4 is 5.32 Å². The molecule has 4 nitrogen and oxygen atoms in total. The Kier molecular flexibility index (Phi) is 6.27. The first kappa shape index (κ1) is 17.9. The molecule has 0 spiro atoms. The summed E-state index contributed by atoms with van der Waals surface area (Å²) in [5.74, 6) is -0.142. The van der Waals surface area contributed by atoms with E-state index in [1.165, 1.54) is 12.5 Å². The molecule has 0 fully saturated rings. The standard InChI is InChI=1S/C20H24N2O2/c1-4-22(5-2)14-16-6-8-18(9-7-16)20(24)21-19-12-10-17(11-13-19)15(3)23/h6-13H,4-5,14H2,1-3H3,(H,21,24). The number of ketones is 1. The molecule has 0 bridgehead atoms. The number of amides is 1. The number of hydrogen-bond acceptors (Lipinski definition) is 3. The first-order chi connectivity index (χ1) is 11.5. The summed E-state index contributed by atoms with van der Waals surface area (Å²) in [6.07, 6.45) is 0. The molecule has 0 unspecified atom stereocenters. The second kappa shape index (κ2) is 8.41. The molecule has 0 aromatic heterocycles. The Morgan fingerprint density at radius 1 is 0.875 bits per heavy atom. The van der Waals surface area contributed by atoms with Crippen molar-refractivity contribution in [2.24, 2.45) is 0 Å². The van der Waals surface area contributed by atoms with Crippen LogP contribution in [-0.4, -0.2) is 29.7 Å². The molecule has 0 aliphatic rings. The van der Waals surface area contributed by atoms with E-state index in [-0.39, 0.29) is 11.7 Å². The Bertz CT molecular complexity index is 687. The van der Waals surface area contributed by atoms with Crippen LogP contribution in [0.5, 0.6) is 0 Å². The van der Waals surface area contributed by atoms with E-state index in [2.05, 4.69) is 24.1 Å². The lowest BCUT2D eigenvalue weighted by Gasteiger charge is -2.18. The topological polar surface area (TPSA) is 49.4 Å². The molecule has 1 amide bonds. The number of Topliss-reactive ketones (excluding diaryl/α,β-unsaturated/α-hetero) is 1. The Labute approximate surface area is 143 Å². The number of hydrogen-bond donors (Lipinski definition) is 1. The molecule has 0 aliphatic heterocycles. The van der Waals surface area contributed by atoms with Gasteiger partial charge in [-0.25, -0.2) is 0 Å². The van der Waals surface area contributed by atoms with Crippen LogP contribution in [0.3, 0.4) is 0 Å². The van der Waals surface area contributed by atoms with Crippen molar-refractivity contribution in [1.82, 2.24) is 4.90 Å². The third-order valence-electron chi connectivity index (χ3n) is 4.07. The number of carbonyl (C=O) groups excluding carboxylic acids is 2. The van der Waals surface area contributed by atoms with Gasteiger partial charge in [-0.05, 0) is 62.0 Å². The van der Waals surface area contributed by atoms with E-state index in [0.717, 1.165) is 19.6 Å². The van der Waals surface area contributed by atoms with Gasteiger partial charge in [0.05, 0.1) is 0 Å². The molecule has 0 radical (unpaired) electrons. The van der Waals surface area contributed by atoms with Gasteiger partial charge in [0.15, 0.2) is 5.78 Å². The zero-order valence-electron chi connectivity index (χ0n) is 14.5. The summed E-state index contributed by atoms with van der Waals surface area (Å²) >= 11 is 0. The second-order valence-corrected chi connectivity index (χ2v) is 5.75. The first-order valence-corrected chi connectivity index (χ1v) is 8.27. The molecule has 4 heteroatoms. The zero-order chi connectivity index (χ0) is 17.5. The highest BCUT2D eigenvalue weighted by Gasteiger charge is 2.08. The van der Waals surface area contributed by atoms with Gasteiger partial charge in [-0.2, -0.15) is 0 Å². The number of anilines is 1. The first-order valence-electron chi connectivity index (χ1n) is 8.27.